The first-order valence-corrected chi connectivity index (χ1v) is 6.97. The molecule has 0 aliphatic rings. The van der Waals surface area contributed by atoms with Crippen molar-refractivity contribution in [3.8, 4) is 5.75 Å². The Morgan fingerprint density at radius 1 is 1.39 bits per heavy atom. The van der Waals surface area contributed by atoms with Crippen LogP contribution in [-0.4, -0.2) is 30.4 Å². The van der Waals surface area contributed by atoms with Gasteiger partial charge in [-0.1, -0.05) is 0 Å². The first-order valence-electron chi connectivity index (χ1n) is 5.32. The molecule has 0 saturated heterocycles. The van der Waals surface area contributed by atoms with E-state index in [4.69, 9.17) is 5.11 Å². The largest absolute Gasteiger partial charge is 0.508 e. The van der Waals surface area contributed by atoms with Crippen molar-refractivity contribution in [3.63, 3.8) is 0 Å². The number of nitrogens with one attached hydrogen (secondary N) is 1. The number of carbonyl (C=O) groups is 1. The van der Waals surface area contributed by atoms with E-state index in [1.54, 1.807) is 6.92 Å². The van der Waals surface area contributed by atoms with Crippen LogP contribution in [0.25, 0.3) is 0 Å². The second kappa shape index (κ2) is 5.72. The maximum Gasteiger partial charge on any atom is 0.303 e. The quantitative estimate of drug-likeness (QED) is 0.678. The first kappa shape index (κ1) is 14.3. The van der Waals surface area contributed by atoms with Gasteiger partial charge in [-0.3, -0.25) is 9.52 Å². The average molecular weight is 273 g/mol. The van der Waals surface area contributed by atoms with Crippen LogP contribution < -0.4 is 4.72 Å². The van der Waals surface area contributed by atoms with Crippen molar-refractivity contribution in [2.75, 3.05) is 10.5 Å². The van der Waals surface area contributed by atoms with E-state index in [9.17, 15) is 18.3 Å². The molecule has 0 radical (unpaired) electrons. The number of hydrogen-bond acceptors (Lipinski definition) is 4. The maximum atomic E-state index is 11.6. The molecule has 18 heavy (non-hydrogen) atoms. The van der Waals surface area contributed by atoms with Crippen LogP contribution in [-0.2, 0) is 14.8 Å². The molecular formula is C11H15NO5S. The summed E-state index contributed by atoms with van der Waals surface area (Å²) in [4.78, 5) is 10.3. The highest BCUT2D eigenvalue weighted by molar-refractivity contribution is 7.92. The third-order valence-corrected chi connectivity index (χ3v) is 3.65. The lowest BCUT2D eigenvalue weighted by Crippen LogP contribution is -2.17. The van der Waals surface area contributed by atoms with Crippen LogP contribution >= 0.6 is 0 Å². The number of phenols is 1. The molecule has 1 aromatic rings. The number of sulfonamides is 1. The van der Waals surface area contributed by atoms with E-state index < -0.39 is 16.0 Å². The zero-order valence-electron chi connectivity index (χ0n) is 9.88. The summed E-state index contributed by atoms with van der Waals surface area (Å²) < 4.78 is 25.6. The topological polar surface area (TPSA) is 104 Å². The van der Waals surface area contributed by atoms with E-state index in [2.05, 4.69) is 4.72 Å². The molecule has 0 amide bonds. The summed E-state index contributed by atoms with van der Waals surface area (Å²) >= 11 is 0. The van der Waals surface area contributed by atoms with Crippen LogP contribution in [0.15, 0.2) is 18.2 Å². The third kappa shape index (κ3) is 4.62. The summed E-state index contributed by atoms with van der Waals surface area (Å²) in [6, 6.07) is 4.34. The molecule has 0 saturated carbocycles. The van der Waals surface area contributed by atoms with E-state index in [1.165, 1.54) is 18.2 Å². The Bertz CT molecular complexity index is 538. The number of phenolic OH excluding ortho intramolecular Hbond substituents is 1. The van der Waals surface area contributed by atoms with Gasteiger partial charge in [0, 0.05) is 12.1 Å². The van der Waals surface area contributed by atoms with E-state index in [0.29, 0.717) is 11.3 Å². The maximum absolute atomic E-state index is 11.6. The van der Waals surface area contributed by atoms with Crippen LogP contribution in [0.2, 0.25) is 0 Å². The number of anilines is 1. The number of aromatic hydroxyl groups is 1. The van der Waals surface area contributed by atoms with Gasteiger partial charge in [-0.2, -0.15) is 0 Å². The third-order valence-electron chi connectivity index (χ3n) is 2.27. The van der Waals surface area contributed by atoms with Gasteiger partial charge >= 0.3 is 5.97 Å². The van der Waals surface area contributed by atoms with Crippen molar-refractivity contribution in [1.29, 1.82) is 0 Å². The first-order chi connectivity index (χ1) is 8.30. The summed E-state index contributed by atoms with van der Waals surface area (Å²) in [6.45, 7) is 1.65. The summed E-state index contributed by atoms with van der Waals surface area (Å²) in [7, 11) is -3.55. The van der Waals surface area contributed by atoms with Gasteiger partial charge in [0.1, 0.15) is 5.75 Å². The Balaban J connectivity index is 2.64. The molecule has 100 valence electrons. The van der Waals surface area contributed by atoms with Crippen molar-refractivity contribution in [2.45, 2.75) is 19.8 Å². The van der Waals surface area contributed by atoms with Gasteiger partial charge in [0.15, 0.2) is 0 Å². The molecule has 3 N–H and O–H groups in total. The van der Waals surface area contributed by atoms with Crippen molar-refractivity contribution < 1.29 is 23.4 Å². The molecule has 7 heteroatoms. The highest BCUT2D eigenvalue weighted by Crippen LogP contribution is 2.21. The molecule has 0 aliphatic carbocycles. The van der Waals surface area contributed by atoms with Crippen LogP contribution in [0.3, 0.4) is 0 Å². The molecule has 0 unspecified atom stereocenters. The molecule has 0 aromatic heterocycles. The molecule has 1 aromatic carbocycles. The highest BCUT2D eigenvalue weighted by atomic mass is 32.2. The zero-order chi connectivity index (χ0) is 13.8. The van der Waals surface area contributed by atoms with E-state index in [1.807, 2.05) is 0 Å². The lowest BCUT2D eigenvalue weighted by molar-refractivity contribution is -0.137. The predicted octanol–water partition coefficient (Wildman–Crippen LogP) is 1.31. The molecule has 1 rings (SSSR count). The Morgan fingerprint density at radius 3 is 2.61 bits per heavy atom. The molecule has 6 nitrogen and oxygen atoms in total. The van der Waals surface area contributed by atoms with Crippen LogP contribution in [0, 0.1) is 6.92 Å². The SMILES string of the molecule is Cc1cc(NS(=O)(=O)CCCC(=O)O)ccc1O. The van der Waals surface area contributed by atoms with Gasteiger partial charge in [0.05, 0.1) is 5.75 Å². The lowest BCUT2D eigenvalue weighted by Gasteiger charge is -2.08. The summed E-state index contributed by atoms with van der Waals surface area (Å²) in [6.07, 6.45) is -0.128. The van der Waals surface area contributed by atoms with Gasteiger partial charge in [-0.15, -0.1) is 0 Å². The predicted molar refractivity (Wildman–Crippen MR) is 67.1 cm³/mol. The molecular weight excluding hydrogens is 258 g/mol. The molecule has 0 bridgehead atoms. The van der Waals surface area contributed by atoms with Crippen LogP contribution in [0.1, 0.15) is 18.4 Å². The van der Waals surface area contributed by atoms with E-state index in [0.717, 1.165) is 0 Å². The molecule has 0 atom stereocenters. The van der Waals surface area contributed by atoms with Gasteiger partial charge in [0.2, 0.25) is 10.0 Å². The lowest BCUT2D eigenvalue weighted by atomic mass is 10.2. The van der Waals surface area contributed by atoms with Crippen molar-refractivity contribution in [1.82, 2.24) is 0 Å². The molecule has 0 aliphatic heterocycles. The monoisotopic (exact) mass is 273 g/mol. The van der Waals surface area contributed by atoms with Crippen LogP contribution in [0.4, 0.5) is 5.69 Å². The van der Waals surface area contributed by atoms with E-state index >= 15 is 0 Å². The van der Waals surface area contributed by atoms with Gasteiger partial charge in [0.25, 0.3) is 0 Å². The number of aliphatic carboxylic acids is 1. The van der Waals surface area contributed by atoms with E-state index in [-0.39, 0.29) is 24.3 Å². The minimum atomic E-state index is -3.55. The van der Waals surface area contributed by atoms with Crippen molar-refractivity contribution in [3.05, 3.63) is 23.8 Å². The standard InChI is InChI=1S/C11H15NO5S/c1-8-7-9(4-5-10(8)13)12-18(16,17)6-2-3-11(14)15/h4-5,7,12-13H,2-3,6H2,1H3,(H,14,15). The van der Waals surface area contributed by atoms with Crippen LogP contribution in [0.5, 0.6) is 5.75 Å². The number of carboxylic acid groups (broad SMARTS) is 1. The number of aryl methyl sites for hydroxylation is 1. The minimum absolute atomic E-state index is 0.0573. The fraction of sp³-hybridized carbons (Fsp3) is 0.364. The molecule has 0 spiro atoms. The Hall–Kier alpha value is -1.76. The number of rotatable bonds is 6. The van der Waals surface area contributed by atoms with Gasteiger partial charge < -0.3 is 10.2 Å². The summed E-state index contributed by atoms with van der Waals surface area (Å²) in [5.41, 5.74) is 0.904. The zero-order valence-corrected chi connectivity index (χ0v) is 10.7. The van der Waals surface area contributed by atoms with Crippen molar-refractivity contribution in [2.24, 2.45) is 0 Å². The number of benzene rings is 1. The fourth-order valence-corrected chi connectivity index (χ4v) is 2.48. The van der Waals surface area contributed by atoms with Gasteiger partial charge in [-0.05, 0) is 37.1 Å². The Labute approximate surface area is 105 Å². The Morgan fingerprint density at radius 2 is 2.06 bits per heavy atom. The average Bonchev–Trinajstić information content (AvgIpc) is 2.22. The molecule has 0 heterocycles. The molecule has 0 fully saturated rings. The Kier molecular flexibility index (Phi) is 4.55. The fourth-order valence-electron chi connectivity index (χ4n) is 1.36. The smallest absolute Gasteiger partial charge is 0.303 e. The number of carboxylic acids is 1. The number of hydrogen-bond donors (Lipinski definition) is 3. The van der Waals surface area contributed by atoms with Crippen molar-refractivity contribution >= 4 is 21.7 Å². The second-order valence-electron chi connectivity index (χ2n) is 3.92. The second-order valence-corrected chi connectivity index (χ2v) is 5.76. The summed E-state index contributed by atoms with van der Waals surface area (Å²) in [5.74, 6) is -1.19. The summed E-state index contributed by atoms with van der Waals surface area (Å²) in [5, 5.41) is 17.7. The minimum Gasteiger partial charge on any atom is -0.508 e. The normalized spacial score (nSPS) is 11.2. The van der Waals surface area contributed by atoms with Gasteiger partial charge in [-0.25, -0.2) is 8.42 Å². The highest BCUT2D eigenvalue weighted by Gasteiger charge is 2.11.